The maximum Gasteiger partial charge on any atom is 0.197 e. The summed E-state index contributed by atoms with van der Waals surface area (Å²) in [6.07, 6.45) is 1.69. The number of aryl methyl sites for hydroxylation is 1. The van der Waals surface area contributed by atoms with Gasteiger partial charge in [-0.1, -0.05) is 17.7 Å². The van der Waals surface area contributed by atoms with Gasteiger partial charge in [0.15, 0.2) is 5.43 Å². The van der Waals surface area contributed by atoms with Crippen molar-refractivity contribution < 1.29 is 0 Å². The van der Waals surface area contributed by atoms with Crippen LogP contribution in [-0.2, 0) is 0 Å². The fourth-order valence-corrected chi connectivity index (χ4v) is 3.29. The number of rotatable bonds is 0. The van der Waals surface area contributed by atoms with Gasteiger partial charge in [0, 0.05) is 11.6 Å². The van der Waals surface area contributed by atoms with Gasteiger partial charge in [-0.15, -0.1) is 11.3 Å². The molecule has 17 heavy (non-hydrogen) atoms. The van der Waals surface area contributed by atoms with E-state index in [-0.39, 0.29) is 5.43 Å². The Morgan fingerprint density at radius 2 is 2.12 bits per heavy atom. The highest BCUT2D eigenvalue weighted by atomic mass is 35.5. The van der Waals surface area contributed by atoms with E-state index in [1.54, 1.807) is 18.3 Å². The average Bonchev–Trinajstić information content (AvgIpc) is 2.34. The third-order valence-corrected chi connectivity index (χ3v) is 4.33. The minimum absolute atomic E-state index is 0.0156. The predicted molar refractivity (Wildman–Crippen MR) is 73.1 cm³/mol. The van der Waals surface area contributed by atoms with Crippen LogP contribution in [-0.4, -0.2) is 4.98 Å². The molecule has 0 atom stereocenters. The van der Waals surface area contributed by atoms with Crippen LogP contribution in [0.5, 0.6) is 0 Å². The molecule has 0 radical (unpaired) electrons. The van der Waals surface area contributed by atoms with Crippen molar-refractivity contribution in [1.29, 1.82) is 0 Å². The fraction of sp³-hybridized carbons (Fsp3) is 0.0769. The topological polar surface area (TPSA) is 30.0 Å². The second kappa shape index (κ2) is 3.79. The zero-order valence-corrected chi connectivity index (χ0v) is 10.6. The molecule has 0 aliphatic rings. The normalized spacial score (nSPS) is 11.2. The van der Waals surface area contributed by atoms with Crippen molar-refractivity contribution in [3.05, 3.63) is 51.3 Å². The van der Waals surface area contributed by atoms with Crippen LogP contribution < -0.4 is 5.43 Å². The summed E-state index contributed by atoms with van der Waals surface area (Å²) in [6, 6.07) is 7.29. The fourth-order valence-electron chi connectivity index (χ4n) is 1.91. The molecule has 0 amide bonds. The molecule has 0 bridgehead atoms. The number of hydrogen-bond acceptors (Lipinski definition) is 3. The maximum absolute atomic E-state index is 12.4. The van der Waals surface area contributed by atoms with Gasteiger partial charge in [-0.25, -0.2) is 4.98 Å². The molecular formula is C13H8ClNOS. The first-order valence-corrected chi connectivity index (χ1v) is 6.34. The number of aromatic nitrogens is 1. The largest absolute Gasteiger partial charge is 0.288 e. The number of pyridine rings is 1. The van der Waals surface area contributed by atoms with Crippen molar-refractivity contribution in [2.75, 3.05) is 0 Å². The monoisotopic (exact) mass is 261 g/mol. The summed E-state index contributed by atoms with van der Waals surface area (Å²) in [5.41, 5.74) is 0.971. The molecule has 0 saturated heterocycles. The Kier molecular flexibility index (Phi) is 2.38. The van der Waals surface area contributed by atoms with Gasteiger partial charge in [0.1, 0.15) is 4.83 Å². The van der Waals surface area contributed by atoms with Crippen LogP contribution in [0, 0.1) is 6.92 Å². The second-order valence-corrected chi connectivity index (χ2v) is 5.26. The molecule has 4 heteroatoms. The lowest BCUT2D eigenvalue weighted by Crippen LogP contribution is -2.03. The predicted octanol–water partition coefficient (Wildman–Crippen LogP) is 3.77. The van der Waals surface area contributed by atoms with E-state index in [1.807, 2.05) is 19.1 Å². The van der Waals surface area contributed by atoms with E-state index in [4.69, 9.17) is 11.6 Å². The molecule has 0 aliphatic carbocycles. The molecular weight excluding hydrogens is 254 g/mol. The number of halogens is 1. The smallest absolute Gasteiger partial charge is 0.197 e. The molecule has 3 rings (SSSR count). The van der Waals surface area contributed by atoms with Crippen LogP contribution in [0.25, 0.3) is 20.3 Å². The zero-order chi connectivity index (χ0) is 12.0. The van der Waals surface area contributed by atoms with Gasteiger partial charge in [0.2, 0.25) is 0 Å². The highest BCUT2D eigenvalue weighted by Gasteiger charge is 2.10. The minimum Gasteiger partial charge on any atom is -0.288 e. The number of hydrogen-bond donors (Lipinski definition) is 0. The van der Waals surface area contributed by atoms with Gasteiger partial charge in [-0.2, -0.15) is 0 Å². The second-order valence-electron chi connectivity index (χ2n) is 3.86. The summed E-state index contributed by atoms with van der Waals surface area (Å²) < 4.78 is 0.822. The first kappa shape index (κ1) is 10.7. The molecule has 0 aliphatic heterocycles. The summed E-state index contributed by atoms with van der Waals surface area (Å²) in [6.45, 7) is 1.93. The van der Waals surface area contributed by atoms with Crippen molar-refractivity contribution >= 4 is 43.2 Å². The first-order chi connectivity index (χ1) is 8.18. The number of fused-ring (bicyclic) bond motifs is 2. The summed E-state index contributed by atoms with van der Waals surface area (Å²) in [5, 5.41) is 1.98. The average molecular weight is 262 g/mol. The van der Waals surface area contributed by atoms with Gasteiger partial charge in [0.05, 0.1) is 15.1 Å². The standard InChI is InChI=1S/C13H8ClNOS/c1-7-4-5-9(14)12-10(7)11(16)8-3-2-6-15-13(8)17-12/h2-6H,1H3. The summed E-state index contributed by atoms with van der Waals surface area (Å²) in [7, 11) is 0. The quantitative estimate of drug-likeness (QED) is 0.577. The lowest BCUT2D eigenvalue weighted by atomic mass is 10.1. The van der Waals surface area contributed by atoms with Crippen molar-refractivity contribution in [1.82, 2.24) is 4.98 Å². The first-order valence-electron chi connectivity index (χ1n) is 5.15. The minimum atomic E-state index is 0.0156. The molecule has 84 valence electrons. The Balaban J connectivity index is 2.69. The van der Waals surface area contributed by atoms with E-state index in [1.165, 1.54) is 11.3 Å². The molecule has 0 N–H and O–H groups in total. The van der Waals surface area contributed by atoms with Crippen LogP contribution in [0.15, 0.2) is 35.3 Å². The SMILES string of the molecule is Cc1ccc(Cl)c2sc3ncccc3c(=O)c12. The van der Waals surface area contributed by atoms with E-state index < -0.39 is 0 Å². The Labute approximate surface area is 106 Å². The number of nitrogens with zero attached hydrogens (tertiary/aromatic N) is 1. The molecule has 0 fully saturated rings. The number of benzene rings is 1. The van der Waals surface area contributed by atoms with Gasteiger partial charge in [-0.05, 0) is 30.7 Å². The molecule has 2 heterocycles. The Morgan fingerprint density at radius 1 is 1.29 bits per heavy atom. The lowest BCUT2D eigenvalue weighted by molar-refractivity contribution is 1.44. The van der Waals surface area contributed by atoms with Gasteiger partial charge < -0.3 is 0 Å². The van der Waals surface area contributed by atoms with E-state index in [2.05, 4.69) is 4.98 Å². The van der Waals surface area contributed by atoms with Gasteiger partial charge in [0.25, 0.3) is 0 Å². The zero-order valence-electron chi connectivity index (χ0n) is 9.03. The van der Waals surface area contributed by atoms with Gasteiger partial charge >= 0.3 is 0 Å². The maximum atomic E-state index is 12.4. The molecule has 2 nitrogen and oxygen atoms in total. The van der Waals surface area contributed by atoms with Crippen molar-refractivity contribution in [3.8, 4) is 0 Å². The Morgan fingerprint density at radius 3 is 2.94 bits per heavy atom. The summed E-state index contributed by atoms with van der Waals surface area (Å²) >= 11 is 7.61. The van der Waals surface area contributed by atoms with Crippen LogP contribution in [0.2, 0.25) is 5.02 Å². The summed E-state index contributed by atoms with van der Waals surface area (Å²) in [4.78, 5) is 17.3. The van der Waals surface area contributed by atoms with E-state index in [0.29, 0.717) is 15.8 Å². The molecule has 3 aromatic rings. The molecule has 1 aromatic carbocycles. The van der Waals surface area contributed by atoms with Crippen LogP contribution in [0.1, 0.15) is 5.56 Å². The lowest BCUT2D eigenvalue weighted by Gasteiger charge is -2.04. The van der Waals surface area contributed by atoms with E-state index in [9.17, 15) is 4.79 Å². The summed E-state index contributed by atoms with van der Waals surface area (Å²) in [5.74, 6) is 0. The highest BCUT2D eigenvalue weighted by Crippen LogP contribution is 2.30. The third kappa shape index (κ3) is 1.54. The molecule has 0 unspecified atom stereocenters. The van der Waals surface area contributed by atoms with Crippen molar-refractivity contribution in [2.24, 2.45) is 0 Å². The van der Waals surface area contributed by atoms with E-state index in [0.717, 1.165) is 15.1 Å². The van der Waals surface area contributed by atoms with E-state index >= 15 is 0 Å². The Hall–Kier alpha value is -1.45. The highest BCUT2D eigenvalue weighted by molar-refractivity contribution is 7.24. The van der Waals surface area contributed by atoms with Gasteiger partial charge in [-0.3, -0.25) is 4.79 Å². The Bertz CT molecular complexity index is 794. The third-order valence-electron chi connectivity index (χ3n) is 2.76. The van der Waals surface area contributed by atoms with Crippen LogP contribution in [0.4, 0.5) is 0 Å². The van der Waals surface area contributed by atoms with Crippen molar-refractivity contribution in [3.63, 3.8) is 0 Å². The molecule has 0 saturated carbocycles. The van der Waals surface area contributed by atoms with Crippen LogP contribution in [0.3, 0.4) is 0 Å². The van der Waals surface area contributed by atoms with Crippen molar-refractivity contribution in [2.45, 2.75) is 6.92 Å². The molecule has 2 aromatic heterocycles. The molecule has 0 spiro atoms. The van der Waals surface area contributed by atoms with Crippen LogP contribution >= 0.6 is 22.9 Å².